The van der Waals surface area contributed by atoms with E-state index in [0.717, 1.165) is 29.5 Å². The minimum absolute atomic E-state index is 0.000932. The van der Waals surface area contributed by atoms with E-state index in [4.69, 9.17) is 33.7 Å². The lowest BCUT2D eigenvalue weighted by Crippen LogP contribution is -2.70. The van der Waals surface area contributed by atoms with Gasteiger partial charge in [-0.2, -0.15) is 0 Å². The zero-order valence-corrected chi connectivity index (χ0v) is 36.8. The van der Waals surface area contributed by atoms with Gasteiger partial charge in [0.15, 0.2) is 0 Å². The third kappa shape index (κ3) is 11.9. The van der Waals surface area contributed by atoms with E-state index in [1.165, 1.54) is 29.2 Å². The molecule has 1 aliphatic heterocycles. The predicted molar refractivity (Wildman–Crippen MR) is 240 cm³/mol. The number of aliphatic hydroxyl groups excluding tert-OH is 3. The van der Waals surface area contributed by atoms with Crippen LogP contribution in [0.25, 0.3) is 0 Å². The average Bonchev–Trinajstić information content (AvgIpc) is 3.30. The highest BCUT2D eigenvalue weighted by atomic mass is 16.7. The van der Waals surface area contributed by atoms with E-state index < -0.39 is 40.8 Å². The van der Waals surface area contributed by atoms with Crippen molar-refractivity contribution in [1.29, 1.82) is 0 Å². The highest BCUT2D eigenvalue weighted by Crippen LogP contribution is 2.62. The molecule has 1 fully saturated rings. The number of allylic oxidation sites excluding steroid dienone is 1. The fourth-order valence-corrected chi connectivity index (χ4v) is 9.26. The van der Waals surface area contributed by atoms with Crippen LogP contribution in [0.5, 0.6) is 17.2 Å². The molecule has 0 aromatic heterocycles. The fraction of sp³-hybridized carbons (Fsp3) is 0.479. The van der Waals surface area contributed by atoms with Crippen LogP contribution in [0, 0.1) is 27.9 Å². The van der Waals surface area contributed by atoms with Crippen LogP contribution in [-0.4, -0.2) is 108 Å². The first-order valence-electron chi connectivity index (χ1n) is 22.3. The summed E-state index contributed by atoms with van der Waals surface area (Å²) in [4.78, 5) is 46.1. The number of rotatable bonds is 24. The molecular weight excluding hydrogens is 841 g/mol. The van der Waals surface area contributed by atoms with Crippen LogP contribution in [0.1, 0.15) is 68.9 Å². The van der Waals surface area contributed by atoms with Gasteiger partial charge < -0.3 is 49.2 Å². The number of oxime groups is 1. The summed E-state index contributed by atoms with van der Waals surface area (Å²) in [5, 5.41) is 48.4. The lowest BCUT2D eigenvalue weighted by molar-refractivity contribution is -0.384. The lowest BCUT2D eigenvalue weighted by atomic mass is 9.55. The molecule has 350 valence electrons. The number of benzene rings is 3. The topological polar surface area (TPSA) is 221 Å². The number of nitro groups is 1. The molecule has 3 aromatic rings. The quantitative estimate of drug-likeness (QED) is 0.0307. The van der Waals surface area contributed by atoms with Crippen molar-refractivity contribution in [3.05, 3.63) is 118 Å². The van der Waals surface area contributed by atoms with E-state index in [1.807, 2.05) is 36.4 Å². The van der Waals surface area contributed by atoms with Gasteiger partial charge in [0.1, 0.15) is 29.9 Å². The van der Waals surface area contributed by atoms with Crippen LogP contribution in [0.4, 0.5) is 15.3 Å². The zero-order valence-electron chi connectivity index (χ0n) is 36.8. The normalized spacial score (nSPS) is 22.4. The van der Waals surface area contributed by atoms with E-state index >= 15 is 0 Å². The Balaban J connectivity index is 1.57. The molecular formula is C48H60N4O13. The molecule has 3 aliphatic rings. The summed E-state index contributed by atoms with van der Waals surface area (Å²) in [6.45, 7) is 5.99. The molecule has 0 saturated heterocycles. The van der Waals surface area contributed by atoms with Crippen LogP contribution in [0.3, 0.4) is 0 Å². The van der Waals surface area contributed by atoms with Crippen LogP contribution < -0.4 is 19.5 Å². The molecule has 6 rings (SSSR count). The molecule has 1 saturated carbocycles. The van der Waals surface area contributed by atoms with Crippen molar-refractivity contribution in [2.45, 2.75) is 76.2 Å². The summed E-state index contributed by atoms with van der Waals surface area (Å²) in [6.07, 6.45) is 6.39. The second-order valence-corrected chi connectivity index (χ2v) is 16.1. The number of aliphatic hydroxyl groups is 3. The minimum Gasteiger partial charge on any atom is -0.459 e. The summed E-state index contributed by atoms with van der Waals surface area (Å²) >= 11 is 0. The molecule has 1 heterocycles. The number of hydrogen-bond acceptors (Lipinski definition) is 14. The van der Waals surface area contributed by atoms with Gasteiger partial charge in [-0.15, -0.1) is 6.58 Å². The number of nitrogens with zero attached hydrogens (tertiary/aromatic N) is 3. The maximum Gasteiger partial charge on any atom is 0.415 e. The summed E-state index contributed by atoms with van der Waals surface area (Å²) in [7, 11) is 0. The third-order valence-corrected chi connectivity index (χ3v) is 12.0. The smallest absolute Gasteiger partial charge is 0.415 e. The Bertz CT molecular complexity index is 2120. The molecule has 6 unspecified atom stereocenters. The Hall–Kier alpha value is -5.85. The van der Waals surface area contributed by atoms with Gasteiger partial charge in [0.25, 0.3) is 5.69 Å². The van der Waals surface area contributed by atoms with E-state index in [2.05, 4.69) is 18.0 Å². The van der Waals surface area contributed by atoms with Crippen molar-refractivity contribution in [1.82, 2.24) is 10.2 Å². The largest absolute Gasteiger partial charge is 0.459 e. The molecule has 2 amide bonds. The Morgan fingerprint density at radius 2 is 1.71 bits per heavy atom. The number of nitrogens with one attached hydrogen (secondary N) is 1. The Labute approximate surface area is 378 Å². The molecule has 4 N–H and O–H groups in total. The van der Waals surface area contributed by atoms with Crippen molar-refractivity contribution in [2.75, 3.05) is 52.7 Å². The van der Waals surface area contributed by atoms with Crippen molar-refractivity contribution in [2.24, 2.45) is 22.9 Å². The first kappa shape index (κ1) is 48.6. The predicted octanol–water partition coefficient (Wildman–Crippen LogP) is 7.05. The van der Waals surface area contributed by atoms with Crippen LogP contribution in [0.2, 0.25) is 0 Å². The molecule has 17 nitrogen and oxygen atoms in total. The second kappa shape index (κ2) is 23.9. The highest BCUT2D eigenvalue weighted by molar-refractivity contribution is 6.03. The van der Waals surface area contributed by atoms with Gasteiger partial charge >= 0.3 is 12.2 Å². The SMILES string of the molecule is C=CCOC12Oc3ccc(OC(=O)NCC)cc3C3C(CCCCO)C(CCCCO)C=C(C(=NOCc4ccccc4)CC1N(CCOCCO)C(=O)Oc1ccc([N+](=O)[O-])cc1)C32. The monoisotopic (exact) mass is 900 g/mol. The van der Waals surface area contributed by atoms with E-state index in [1.54, 1.807) is 25.1 Å². The van der Waals surface area contributed by atoms with Gasteiger partial charge in [0.05, 0.1) is 43.0 Å². The number of ether oxygens (including phenoxy) is 5. The van der Waals surface area contributed by atoms with Crippen molar-refractivity contribution < 1.29 is 58.4 Å². The molecule has 0 spiro atoms. The molecule has 6 atom stereocenters. The van der Waals surface area contributed by atoms with Gasteiger partial charge in [-0.05, 0) is 85.9 Å². The van der Waals surface area contributed by atoms with Gasteiger partial charge in [-0.3, -0.25) is 15.0 Å². The number of carbonyl (C=O) groups excluding carboxylic acids is 2. The van der Waals surface area contributed by atoms with Gasteiger partial charge in [0.2, 0.25) is 5.79 Å². The molecule has 0 radical (unpaired) electrons. The van der Waals surface area contributed by atoms with Gasteiger partial charge in [-0.25, -0.2) is 9.59 Å². The standard InChI is InChI=1S/C48H60N4O13/c1-3-26-61-48-43(51(22-27-60-28-25-55)47(57)64-36-18-16-35(17-19-36)52(58)59)31-41(50-62-32-33-12-6-5-7-13-33)39-29-34(14-8-10-23-53)38(15-9-11-24-54)44(45(39)48)40-30-37(20-21-42(40)65-48)63-46(56)49-4-2/h3,5-7,12-13,16-21,29-30,34,38,43-45,53-55H,1,4,8-11,14-15,22-28,31-32H2,2H3,(H,49,56). The number of non-ortho nitro benzene ring substituents is 1. The first-order valence-corrected chi connectivity index (χ1v) is 22.3. The fourth-order valence-electron chi connectivity index (χ4n) is 9.26. The Morgan fingerprint density at radius 1 is 0.969 bits per heavy atom. The van der Waals surface area contributed by atoms with Crippen molar-refractivity contribution >= 4 is 23.6 Å². The summed E-state index contributed by atoms with van der Waals surface area (Å²) in [5.41, 5.74) is 2.78. The van der Waals surface area contributed by atoms with Gasteiger partial charge in [0, 0.05) is 56.3 Å². The van der Waals surface area contributed by atoms with E-state index in [-0.39, 0.29) is 82.5 Å². The van der Waals surface area contributed by atoms with Crippen LogP contribution >= 0.6 is 0 Å². The summed E-state index contributed by atoms with van der Waals surface area (Å²) in [6, 6.07) is 18.9. The van der Waals surface area contributed by atoms with Crippen molar-refractivity contribution in [3.8, 4) is 17.2 Å². The average molecular weight is 901 g/mol. The number of nitro benzene ring substituents is 1. The number of amides is 2. The van der Waals surface area contributed by atoms with Crippen LogP contribution in [0.15, 0.2) is 102 Å². The van der Waals surface area contributed by atoms with Gasteiger partial charge in [-0.1, -0.05) is 60.5 Å². The maximum absolute atomic E-state index is 14.8. The third-order valence-electron chi connectivity index (χ3n) is 12.0. The zero-order chi connectivity index (χ0) is 46.2. The van der Waals surface area contributed by atoms with Crippen LogP contribution in [-0.2, 0) is 20.9 Å². The first-order chi connectivity index (χ1) is 31.7. The Morgan fingerprint density at radius 3 is 2.40 bits per heavy atom. The molecule has 17 heteroatoms. The van der Waals surface area contributed by atoms with E-state index in [0.29, 0.717) is 49.4 Å². The molecule has 65 heavy (non-hydrogen) atoms. The number of carbonyl (C=O) groups is 2. The maximum atomic E-state index is 14.8. The highest BCUT2D eigenvalue weighted by Gasteiger charge is 2.65. The molecule has 3 aromatic carbocycles. The second-order valence-electron chi connectivity index (χ2n) is 16.1. The van der Waals surface area contributed by atoms with E-state index in [9.17, 15) is 35.0 Å². The lowest BCUT2D eigenvalue weighted by Gasteiger charge is -2.59. The minimum atomic E-state index is -1.66. The molecule has 2 aliphatic carbocycles. The number of hydrogen-bond donors (Lipinski definition) is 4. The molecule has 0 bridgehead atoms. The Kier molecular flexibility index (Phi) is 17.9. The summed E-state index contributed by atoms with van der Waals surface area (Å²) < 4.78 is 31.7. The summed E-state index contributed by atoms with van der Waals surface area (Å²) in [5.74, 6) is -2.14. The number of fused-ring (bicyclic) bond motifs is 2. The van der Waals surface area contributed by atoms with Crippen molar-refractivity contribution in [3.63, 3.8) is 0 Å². The number of unbranched alkanes of at least 4 members (excludes halogenated alkanes) is 2.